The largest absolute Gasteiger partial charge is 0.460 e. The van der Waals surface area contributed by atoms with Crippen molar-refractivity contribution < 1.29 is 23.9 Å². The molecule has 3 amide bonds. The number of esters is 1. The van der Waals surface area contributed by atoms with E-state index in [1.54, 1.807) is 23.7 Å². The molecule has 28 heavy (non-hydrogen) atoms. The summed E-state index contributed by atoms with van der Waals surface area (Å²) in [4.78, 5) is 56.0. The fourth-order valence-corrected chi connectivity index (χ4v) is 4.26. The van der Waals surface area contributed by atoms with Crippen molar-refractivity contribution in [3.63, 3.8) is 0 Å². The van der Waals surface area contributed by atoms with Gasteiger partial charge in [-0.1, -0.05) is 0 Å². The highest BCUT2D eigenvalue weighted by atomic mass is 32.1. The number of piperidine rings is 1. The van der Waals surface area contributed by atoms with Crippen LogP contribution in [0, 0.1) is 0 Å². The molecule has 1 unspecified atom stereocenters. The van der Waals surface area contributed by atoms with Gasteiger partial charge in [0.1, 0.15) is 12.6 Å². The van der Waals surface area contributed by atoms with Gasteiger partial charge in [-0.25, -0.2) is 4.79 Å². The topological polar surface area (TPSA) is 96.9 Å². The van der Waals surface area contributed by atoms with E-state index >= 15 is 0 Å². The number of fused-ring (bicyclic) bond motifs is 1. The summed E-state index contributed by atoms with van der Waals surface area (Å²) in [6, 6.07) is 2.52. The summed E-state index contributed by atoms with van der Waals surface area (Å²) in [5.41, 5.74) is 1.84. The summed E-state index contributed by atoms with van der Waals surface area (Å²) in [6.45, 7) is 0.231. The molecule has 0 aliphatic carbocycles. The van der Waals surface area contributed by atoms with Crippen molar-refractivity contribution in [1.82, 2.24) is 14.8 Å². The number of amides is 3. The maximum atomic E-state index is 12.9. The summed E-state index contributed by atoms with van der Waals surface area (Å²) in [7, 11) is 0. The van der Waals surface area contributed by atoms with Crippen LogP contribution < -0.4 is 0 Å². The lowest BCUT2D eigenvalue weighted by Gasteiger charge is -2.35. The van der Waals surface area contributed by atoms with Crippen molar-refractivity contribution in [2.75, 3.05) is 13.2 Å². The Kier molecular flexibility index (Phi) is 4.91. The number of nitrogens with zero attached hydrogens (tertiary/aromatic N) is 3. The van der Waals surface area contributed by atoms with Crippen LogP contribution in [-0.2, 0) is 20.9 Å². The average Bonchev–Trinajstić information content (AvgIpc) is 3.28. The Balaban J connectivity index is 1.38. The SMILES string of the molecule is O=C(OCCN1C(=O)CCC(N2Cc3cscc3C2=O)C1=O)c1cccnc1. The van der Waals surface area contributed by atoms with Crippen LogP contribution in [-0.4, -0.2) is 57.7 Å². The lowest BCUT2D eigenvalue weighted by Crippen LogP contribution is -2.55. The molecule has 9 heteroatoms. The summed E-state index contributed by atoms with van der Waals surface area (Å²) in [5.74, 6) is -1.48. The molecule has 1 fully saturated rings. The number of carbonyl (C=O) groups excluding carboxylic acids is 4. The minimum atomic E-state index is -0.670. The third kappa shape index (κ3) is 3.29. The van der Waals surface area contributed by atoms with Crippen LogP contribution in [0.15, 0.2) is 35.3 Å². The highest BCUT2D eigenvalue weighted by Crippen LogP contribution is 2.31. The van der Waals surface area contributed by atoms with Crippen LogP contribution in [0.2, 0.25) is 0 Å². The number of hydrogen-bond acceptors (Lipinski definition) is 7. The van der Waals surface area contributed by atoms with E-state index in [9.17, 15) is 19.2 Å². The molecular weight excluding hydrogens is 382 g/mol. The molecule has 2 aliphatic rings. The Labute approximate surface area is 164 Å². The second kappa shape index (κ2) is 7.51. The number of ether oxygens (including phenoxy) is 1. The van der Waals surface area contributed by atoms with Crippen molar-refractivity contribution in [1.29, 1.82) is 0 Å². The average molecular weight is 399 g/mol. The third-order valence-corrected chi connectivity index (χ3v) is 5.67. The van der Waals surface area contributed by atoms with Gasteiger partial charge in [0.25, 0.3) is 11.8 Å². The lowest BCUT2D eigenvalue weighted by atomic mass is 10.0. The Bertz CT molecular complexity index is 942. The standard InChI is InChI=1S/C19H17N3O5S/c23-16-4-3-15(22-9-13-10-28-11-14(13)17(22)24)18(25)21(16)6-7-27-19(26)12-2-1-5-20-8-12/h1-2,5,8,10-11,15H,3-4,6-7,9H2. The minimum Gasteiger partial charge on any atom is -0.460 e. The molecule has 0 N–H and O–H groups in total. The third-order valence-electron chi connectivity index (χ3n) is 4.88. The highest BCUT2D eigenvalue weighted by molar-refractivity contribution is 7.08. The molecule has 0 aromatic carbocycles. The number of likely N-dealkylation sites (tertiary alicyclic amines) is 1. The number of imide groups is 1. The first-order valence-corrected chi connectivity index (χ1v) is 9.78. The summed E-state index contributed by atoms with van der Waals surface area (Å²) < 4.78 is 5.14. The van der Waals surface area contributed by atoms with Crippen molar-refractivity contribution in [2.24, 2.45) is 0 Å². The Hall–Kier alpha value is -3.07. The molecule has 4 heterocycles. The molecule has 1 atom stereocenters. The van der Waals surface area contributed by atoms with Gasteiger partial charge < -0.3 is 9.64 Å². The molecule has 8 nitrogen and oxygen atoms in total. The van der Waals surface area contributed by atoms with Gasteiger partial charge >= 0.3 is 5.97 Å². The fourth-order valence-electron chi connectivity index (χ4n) is 3.44. The van der Waals surface area contributed by atoms with E-state index in [0.717, 1.165) is 10.5 Å². The second-order valence-electron chi connectivity index (χ2n) is 6.56. The molecule has 0 radical (unpaired) electrons. The highest BCUT2D eigenvalue weighted by Gasteiger charge is 2.42. The van der Waals surface area contributed by atoms with E-state index in [-0.39, 0.29) is 31.4 Å². The van der Waals surface area contributed by atoms with E-state index in [1.165, 1.54) is 22.4 Å². The van der Waals surface area contributed by atoms with E-state index in [1.807, 2.05) is 5.38 Å². The van der Waals surface area contributed by atoms with Crippen LogP contribution in [0.4, 0.5) is 0 Å². The van der Waals surface area contributed by atoms with E-state index in [4.69, 9.17) is 4.74 Å². The van der Waals surface area contributed by atoms with E-state index in [2.05, 4.69) is 4.98 Å². The van der Waals surface area contributed by atoms with Crippen molar-refractivity contribution in [2.45, 2.75) is 25.4 Å². The van der Waals surface area contributed by atoms with Gasteiger partial charge in [-0.2, -0.15) is 11.3 Å². The quantitative estimate of drug-likeness (QED) is 0.558. The molecule has 1 saturated heterocycles. The molecule has 0 spiro atoms. The maximum Gasteiger partial charge on any atom is 0.339 e. The van der Waals surface area contributed by atoms with Gasteiger partial charge in [-0.05, 0) is 29.5 Å². The maximum absolute atomic E-state index is 12.9. The molecule has 4 rings (SSSR count). The molecular formula is C19H17N3O5S. The number of thiophene rings is 1. The Morgan fingerprint density at radius 1 is 1.29 bits per heavy atom. The van der Waals surface area contributed by atoms with Crippen molar-refractivity contribution in [3.05, 3.63) is 52.0 Å². The van der Waals surface area contributed by atoms with Crippen LogP contribution >= 0.6 is 11.3 Å². The molecule has 2 aromatic rings. The summed E-state index contributed by atoms with van der Waals surface area (Å²) in [6.07, 6.45) is 3.40. The molecule has 2 aromatic heterocycles. The van der Waals surface area contributed by atoms with Gasteiger partial charge in [-0.3, -0.25) is 24.3 Å². The van der Waals surface area contributed by atoms with Gasteiger partial charge in [0, 0.05) is 30.7 Å². The smallest absolute Gasteiger partial charge is 0.339 e. The van der Waals surface area contributed by atoms with E-state index < -0.39 is 17.9 Å². The normalized spacial score (nSPS) is 19.1. The van der Waals surface area contributed by atoms with Crippen molar-refractivity contribution in [3.8, 4) is 0 Å². The number of rotatable bonds is 5. The minimum absolute atomic E-state index is 0.0383. The zero-order chi connectivity index (χ0) is 19.7. The predicted octanol–water partition coefficient (Wildman–Crippen LogP) is 1.47. The Morgan fingerprint density at radius 3 is 2.89 bits per heavy atom. The zero-order valence-electron chi connectivity index (χ0n) is 14.9. The molecule has 0 bridgehead atoms. The van der Waals surface area contributed by atoms with Gasteiger partial charge in [0.2, 0.25) is 5.91 Å². The monoisotopic (exact) mass is 399 g/mol. The van der Waals surface area contributed by atoms with Crippen molar-refractivity contribution >= 4 is 35.0 Å². The van der Waals surface area contributed by atoms with Crippen LogP contribution in [0.1, 0.15) is 39.1 Å². The summed E-state index contributed by atoms with van der Waals surface area (Å²) >= 11 is 1.46. The van der Waals surface area contributed by atoms with Gasteiger partial charge in [0.15, 0.2) is 0 Å². The fraction of sp³-hybridized carbons (Fsp3) is 0.316. The first kappa shape index (κ1) is 18.3. The second-order valence-corrected chi connectivity index (χ2v) is 7.30. The van der Waals surface area contributed by atoms with Gasteiger partial charge in [0.05, 0.1) is 17.7 Å². The molecule has 2 aliphatic heterocycles. The number of aromatic nitrogens is 1. The molecule has 144 valence electrons. The summed E-state index contributed by atoms with van der Waals surface area (Å²) in [5, 5.41) is 3.69. The van der Waals surface area contributed by atoms with Crippen LogP contribution in [0.3, 0.4) is 0 Å². The first-order chi connectivity index (χ1) is 13.6. The van der Waals surface area contributed by atoms with E-state index in [0.29, 0.717) is 24.1 Å². The molecule has 0 saturated carbocycles. The van der Waals surface area contributed by atoms with Crippen LogP contribution in [0.5, 0.6) is 0 Å². The lowest BCUT2D eigenvalue weighted by molar-refractivity contribution is -0.152. The number of pyridine rings is 1. The zero-order valence-corrected chi connectivity index (χ0v) is 15.7. The number of carbonyl (C=O) groups is 4. The first-order valence-electron chi connectivity index (χ1n) is 8.83. The number of hydrogen-bond donors (Lipinski definition) is 0. The van der Waals surface area contributed by atoms with Crippen LogP contribution in [0.25, 0.3) is 0 Å². The van der Waals surface area contributed by atoms with Gasteiger partial charge in [-0.15, -0.1) is 0 Å². The predicted molar refractivity (Wildman–Crippen MR) is 98.5 cm³/mol. The Morgan fingerprint density at radius 2 is 2.14 bits per heavy atom.